The number of aryl methyl sites for hydroxylation is 1. The highest BCUT2D eigenvalue weighted by Crippen LogP contribution is 2.61. The van der Waals surface area contributed by atoms with Crippen molar-refractivity contribution < 1.29 is 23.9 Å². The standard InChI is InChI=1S/C31H26BrClN2O5/c1-16-10-23(32)24(33)14-25(16)34-26(36)15-40-31(39)18-8-5-9-20(11-18)35-29(37)27-19-12-21(17-6-3-2-4-7-17)22(13-19)28(27)30(35)38/h2-11,14,19,21-22,27-28H,12-13,15H2,1H3,(H,34,36)/t19-,21+,22+,27+,28+/m0/s1. The normalized spacial score (nSPS) is 24.8. The van der Waals surface area contributed by atoms with Crippen LogP contribution in [0.1, 0.15) is 40.2 Å². The largest absolute Gasteiger partial charge is 0.452 e. The number of rotatable bonds is 6. The van der Waals surface area contributed by atoms with Crippen LogP contribution >= 0.6 is 27.5 Å². The predicted molar refractivity (Wildman–Crippen MR) is 154 cm³/mol. The van der Waals surface area contributed by atoms with Crippen LogP contribution in [0.25, 0.3) is 0 Å². The fourth-order valence-electron chi connectivity index (χ4n) is 6.75. The van der Waals surface area contributed by atoms with Crippen LogP contribution in [-0.2, 0) is 19.1 Å². The smallest absolute Gasteiger partial charge is 0.338 e. The number of carbonyl (C=O) groups is 4. The monoisotopic (exact) mass is 620 g/mol. The summed E-state index contributed by atoms with van der Waals surface area (Å²) in [5, 5.41) is 3.12. The average Bonchev–Trinajstić information content (AvgIpc) is 3.62. The van der Waals surface area contributed by atoms with E-state index >= 15 is 0 Å². The lowest BCUT2D eigenvalue weighted by Gasteiger charge is -2.28. The van der Waals surface area contributed by atoms with Crippen LogP contribution in [0, 0.1) is 30.6 Å². The summed E-state index contributed by atoms with van der Waals surface area (Å²) >= 11 is 9.45. The van der Waals surface area contributed by atoms with Crippen LogP contribution in [0.5, 0.6) is 0 Å². The number of hydrogen-bond donors (Lipinski definition) is 1. The van der Waals surface area contributed by atoms with Gasteiger partial charge in [0.15, 0.2) is 6.61 Å². The van der Waals surface area contributed by atoms with Gasteiger partial charge in [-0.05, 0) is 94.9 Å². The first-order valence-electron chi connectivity index (χ1n) is 13.2. The molecule has 0 aromatic heterocycles. The molecule has 1 heterocycles. The molecule has 40 heavy (non-hydrogen) atoms. The zero-order valence-electron chi connectivity index (χ0n) is 21.6. The summed E-state index contributed by atoms with van der Waals surface area (Å²) in [6, 6.07) is 19.9. The molecule has 6 rings (SSSR count). The van der Waals surface area contributed by atoms with Crippen molar-refractivity contribution in [1.82, 2.24) is 0 Å². The summed E-state index contributed by atoms with van der Waals surface area (Å²) in [6.07, 6.45) is 1.80. The Hall–Kier alpha value is -3.49. The molecule has 9 heteroatoms. The number of anilines is 2. The summed E-state index contributed by atoms with van der Waals surface area (Å²) in [6.45, 7) is 1.31. The Morgan fingerprint density at radius 3 is 2.52 bits per heavy atom. The van der Waals surface area contributed by atoms with Gasteiger partial charge in [0.2, 0.25) is 11.8 Å². The predicted octanol–water partition coefficient (Wildman–Crippen LogP) is 6.14. The van der Waals surface area contributed by atoms with Crippen molar-refractivity contribution in [2.75, 3.05) is 16.8 Å². The molecule has 3 aromatic rings. The number of nitrogens with one attached hydrogen (secondary N) is 1. The minimum absolute atomic E-state index is 0.134. The third kappa shape index (κ3) is 4.63. The summed E-state index contributed by atoms with van der Waals surface area (Å²) in [7, 11) is 0. The van der Waals surface area contributed by atoms with E-state index in [0.717, 1.165) is 18.4 Å². The number of imide groups is 1. The van der Waals surface area contributed by atoms with Gasteiger partial charge in [-0.1, -0.05) is 48.0 Å². The van der Waals surface area contributed by atoms with Crippen molar-refractivity contribution >= 4 is 62.6 Å². The lowest BCUT2D eigenvalue weighted by atomic mass is 9.73. The maximum atomic E-state index is 13.6. The van der Waals surface area contributed by atoms with Crippen molar-refractivity contribution in [1.29, 1.82) is 0 Å². The number of benzene rings is 3. The second-order valence-corrected chi connectivity index (χ2v) is 12.0. The van der Waals surface area contributed by atoms with Gasteiger partial charge in [-0.25, -0.2) is 4.79 Å². The SMILES string of the molecule is Cc1cc(Br)c(Cl)cc1NC(=O)COC(=O)c1cccc(N2C(=O)[C@@H]3[C@@H]4C[C@@H]([C@H]3C2=O)[C@@H](c2ccccc2)C4)c1. The van der Waals surface area contributed by atoms with E-state index in [1.54, 1.807) is 24.3 Å². The summed E-state index contributed by atoms with van der Waals surface area (Å²) in [4.78, 5) is 53.6. The first kappa shape index (κ1) is 26.7. The lowest BCUT2D eigenvalue weighted by Crippen LogP contribution is -2.33. The van der Waals surface area contributed by atoms with E-state index in [-0.39, 0.29) is 47.0 Å². The molecule has 1 saturated heterocycles. The molecule has 1 N–H and O–H groups in total. The summed E-state index contributed by atoms with van der Waals surface area (Å²) < 4.78 is 5.93. The van der Waals surface area contributed by atoms with Gasteiger partial charge in [0.05, 0.1) is 28.1 Å². The maximum Gasteiger partial charge on any atom is 0.338 e. The molecule has 3 aliphatic rings. The number of halogens is 2. The Labute approximate surface area is 245 Å². The molecule has 1 aliphatic heterocycles. The minimum Gasteiger partial charge on any atom is -0.452 e. The highest BCUT2D eigenvalue weighted by atomic mass is 79.9. The van der Waals surface area contributed by atoms with Crippen LogP contribution in [0.2, 0.25) is 5.02 Å². The number of esters is 1. The average molecular weight is 622 g/mol. The molecule has 5 atom stereocenters. The van der Waals surface area contributed by atoms with Gasteiger partial charge in [0, 0.05) is 10.2 Å². The van der Waals surface area contributed by atoms with E-state index in [1.165, 1.54) is 22.6 Å². The molecule has 0 spiro atoms. The molecule has 2 aliphatic carbocycles. The van der Waals surface area contributed by atoms with E-state index in [2.05, 4.69) is 33.4 Å². The molecular formula is C31H26BrClN2O5. The number of fused-ring (bicyclic) bond motifs is 5. The lowest BCUT2D eigenvalue weighted by molar-refractivity contribution is -0.123. The third-order valence-electron chi connectivity index (χ3n) is 8.46. The molecule has 0 unspecified atom stereocenters. The number of carbonyl (C=O) groups excluding carboxylic acids is 4. The topological polar surface area (TPSA) is 92.8 Å². The molecule has 3 fully saturated rings. The van der Waals surface area contributed by atoms with E-state index in [4.69, 9.17) is 16.3 Å². The van der Waals surface area contributed by atoms with Gasteiger partial charge >= 0.3 is 5.97 Å². The van der Waals surface area contributed by atoms with Crippen LogP contribution in [0.3, 0.4) is 0 Å². The van der Waals surface area contributed by atoms with Gasteiger partial charge in [0.1, 0.15) is 0 Å². The van der Waals surface area contributed by atoms with Gasteiger partial charge in [-0.15, -0.1) is 0 Å². The Kier molecular flexibility index (Phi) is 7.00. The second kappa shape index (κ2) is 10.5. The number of ether oxygens (including phenoxy) is 1. The first-order valence-corrected chi connectivity index (χ1v) is 14.4. The Morgan fingerprint density at radius 1 is 1.00 bits per heavy atom. The first-order chi connectivity index (χ1) is 19.2. The highest BCUT2D eigenvalue weighted by molar-refractivity contribution is 9.10. The van der Waals surface area contributed by atoms with E-state index in [9.17, 15) is 19.2 Å². The quantitative estimate of drug-likeness (QED) is 0.264. The summed E-state index contributed by atoms with van der Waals surface area (Å²) in [5.41, 5.74) is 3.02. The molecule has 0 radical (unpaired) electrons. The van der Waals surface area contributed by atoms with Crippen LogP contribution in [0.4, 0.5) is 11.4 Å². The van der Waals surface area contributed by atoms with E-state index < -0.39 is 18.5 Å². The molecule has 2 bridgehead atoms. The van der Waals surface area contributed by atoms with Crippen molar-refractivity contribution in [2.45, 2.75) is 25.7 Å². The van der Waals surface area contributed by atoms with Crippen LogP contribution in [0.15, 0.2) is 71.2 Å². The third-order valence-corrected chi connectivity index (χ3v) is 9.66. The van der Waals surface area contributed by atoms with Gasteiger partial charge in [-0.3, -0.25) is 19.3 Å². The Morgan fingerprint density at radius 2 is 1.75 bits per heavy atom. The zero-order chi connectivity index (χ0) is 28.1. The van der Waals surface area contributed by atoms with Gasteiger partial charge < -0.3 is 10.1 Å². The van der Waals surface area contributed by atoms with Crippen molar-refractivity contribution in [3.63, 3.8) is 0 Å². The molecule has 204 valence electrons. The minimum atomic E-state index is -0.730. The fraction of sp³-hybridized carbons (Fsp3) is 0.290. The van der Waals surface area contributed by atoms with E-state index in [1.807, 2.05) is 25.1 Å². The van der Waals surface area contributed by atoms with E-state index in [0.29, 0.717) is 20.9 Å². The van der Waals surface area contributed by atoms with Gasteiger partial charge in [-0.2, -0.15) is 0 Å². The van der Waals surface area contributed by atoms with Crippen molar-refractivity contribution in [3.05, 3.63) is 92.9 Å². The number of amides is 3. The summed E-state index contributed by atoms with van der Waals surface area (Å²) in [5.74, 6) is -1.71. The molecule has 3 amide bonds. The second-order valence-electron chi connectivity index (χ2n) is 10.7. The number of nitrogens with zero attached hydrogens (tertiary/aromatic N) is 1. The molecule has 7 nitrogen and oxygen atoms in total. The molecular weight excluding hydrogens is 596 g/mol. The molecule has 2 saturated carbocycles. The Balaban J connectivity index is 1.13. The van der Waals surface area contributed by atoms with Crippen molar-refractivity contribution in [2.24, 2.45) is 23.7 Å². The van der Waals surface area contributed by atoms with Crippen LogP contribution < -0.4 is 10.2 Å². The maximum absolute atomic E-state index is 13.6. The van der Waals surface area contributed by atoms with Crippen LogP contribution in [-0.4, -0.2) is 30.3 Å². The van der Waals surface area contributed by atoms with Gasteiger partial charge in [0.25, 0.3) is 5.91 Å². The van der Waals surface area contributed by atoms with Crippen molar-refractivity contribution in [3.8, 4) is 0 Å². The Bertz CT molecular complexity index is 1540. The fourth-order valence-corrected chi connectivity index (χ4v) is 7.37. The number of hydrogen-bond acceptors (Lipinski definition) is 5. The molecule has 3 aromatic carbocycles. The zero-order valence-corrected chi connectivity index (χ0v) is 23.9. The highest BCUT2D eigenvalue weighted by Gasteiger charge is 2.64.